The summed E-state index contributed by atoms with van der Waals surface area (Å²) in [7, 11) is 0. The lowest BCUT2D eigenvalue weighted by Crippen LogP contribution is -1.83. The molecule has 0 aromatic heterocycles. The van der Waals surface area contributed by atoms with E-state index in [2.05, 4.69) is 43.3 Å². The summed E-state index contributed by atoms with van der Waals surface area (Å²) in [6.45, 7) is 2.17. The summed E-state index contributed by atoms with van der Waals surface area (Å²) < 4.78 is 0. The van der Waals surface area contributed by atoms with Crippen molar-refractivity contribution in [3.05, 3.63) is 54.1 Å². The maximum atomic E-state index is 5.49. The average Bonchev–Trinajstić information content (AvgIpc) is 2.39. The van der Waals surface area contributed by atoms with Gasteiger partial charge in [-0.15, -0.1) is 0 Å². The molecule has 0 spiro atoms. The zero-order valence-electron chi connectivity index (χ0n) is 9.31. The van der Waals surface area contributed by atoms with Crippen LogP contribution in [0, 0.1) is 0 Å². The fraction of sp³-hybridized carbons (Fsp3) is 0.143. The second-order valence-electron chi connectivity index (χ2n) is 3.69. The molecule has 0 amide bonds. The second kappa shape index (κ2) is 5.19. The van der Waals surface area contributed by atoms with Crippen LogP contribution in [-0.4, -0.2) is 0 Å². The van der Waals surface area contributed by atoms with Gasteiger partial charge in [-0.3, -0.25) is 5.14 Å². The van der Waals surface area contributed by atoms with Crippen LogP contribution in [0.1, 0.15) is 12.5 Å². The molecule has 16 heavy (non-hydrogen) atoms. The van der Waals surface area contributed by atoms with Gasteiger partial charge in [-0.2, -0.15) is 0 Å². The Balaban J connectivity index is 2.28. The summed E-state index contributed by atoms with van der Waals surface area (Å²) in [4.78, 5) is 1.09. The van der Waals surface area contributed by atoms with Gasteiger partial charge >= 0.3 is 0 Å². The van der Waals surface area contributed by atoms with E-state index in [0.29, 0.717) is 0 Å². The predicted molar refractivity (Wildman–Crippen MR) is 71.3 cm³/mol. The van der Waals surface area contributed by atoms with E-state index in [0.717, 1.165) is 11.3 Å². The highest BCUT2D eigenvalue weighted by Gasteiger charge is 1.97. The summed E-state index contributed by atoms with van der Waals surface area (Å²) in [6.07, 6.45) is 1.09. The zero-order chi connectivity index (χ0) is 11.4. The molecule has 0 aliphatic heterocycles. The molecule has 0 aliphatic carbocycles. The van der Waals surface area contributed by atoms with Gasteiger partial charge in [0.25, 0.3) is 0 Å². The van der Waals surface area contributed by atoms with Gasteiger partial charge in [-0.05, 0) is 47.2 Å². The molecule has 82 valence electrons. The summed E-state index contributed by atoms with van der Waals surface area (Å²) in [6, 6.07) is 17.0. The first kappa shape index (κ1) is 11.2. The van der Waals surface area contributed by atoms with E-state index < -0.39 is 0 Å². The Morgan fingerprint density at radius 2 is 1.38 bits per heavy atom. The van der Waals surface area contributed by atoms with Crippen LogP contribution >= 0.6 is 11.9 Å². The number of rotatable bonds is 3. The van der Waals surface area contributed by atoms with Crippen LogP contribution in [0.5, 0.6) is 0 Å². The first-order valence-corrected chi connectivity index (χ1v) is 6.27. The summed E-state index contributed by atoms with van der Waals surface area (Å²) in [5, 5.41) is 5.49. The Hall–Kier alpha value is -1.25. The van der Waals surface area contributed by atoms with E-state index in [-0.39, 0.29) is 0 Å². The maximum Gasteiger partial charge on any atom is 0.0226 e. The molecule has 2 heteroatoms. The lowest BCUT2D eigenvalue weighted by atomic mass is 10.0. The van der Waals surface area contributed by atoms with Gasteiger partial charge in [-0.25, -0.2) is 0 Å². The Labute approximate surface area is 101 Å². The first-order chi connectivity index (χ1) is 7.83. The van der Waals surface area contributed by atoms with Crippen molar-refractivity contribution >= 4 is 11.9 Å². The van der Waals surface area contributed by atoms with Crippen molar-refractivity contribution in [1.82, 2.24) is 0 Å². The quantitative estimate of drug-likeness (QED) is 0.808. The number of aryl methyl sites for hydroxylation is 1. The average molecular weight is 229 g/mol. The maximum absolute atomic E-state index is 5.49. The molecule has 0 saturated carbocycles. The van der Waals surface area contributed by atoms with Crippen molar-refractivity contribution < 1.29 is 0 Å². The number of nitrogens with two attached hydrogens (primary N) is 1. The molecule has 0 atom stereocenters. The van der Waals surface area contributed by atoms with E-state index in [1.54, 1.807) is 0 Å². The van der Waals surface area contributed by atoms with Crippen LogP contribution in [0.3, 0.4) is 0 Å². The second-order valence-corrected chi connectivity index (χ2v) is 4.40. The van der Waals surface area contributed by atoms with Crippen molar-refractivity contribution in [1.29, 1.82) is 0 Å². The van der Waals surface area contributed by atoms with Crippen LogP contribution in [0.25, 0.3) is 11.1 Å². The van der Waals surface area contributed by atoms with Crippen molar-refractivity contribution in [2.45, 2.75) is 18.2 Å². The molecule has 0 fully saturated rings. The third kappa shape index (κ3) is 2.46. The monoisotopic (exact) mass is 229 g/mol. The minimum Gasteiger partial charge on any atom is -0.274 e. The van der Waals surface area contributed by atoms with Crippen LogP contribution < -0.4 is 5.14 Å². The Bertz CT molecular complexity index is 400. The van der Waals surface area contributed by atoms with Gasteiger partial charge in [0.2, 0.25) is 0 Å². The van der Waals surface area contributed by atoms with Crippen LogP contribution in [0.4, 0.5) is 0 Å². The molecule has 1 nitrogen and oxygen atoms in total. The summed E-state index contributed by atoms with van der Waals surface area (Å²) in [5.74, 6) is 0. The fourth-order valence-electron chi connectivity index (χ4n) is 1.66. The third-order valence-corrected chi connectivity index (χ3v) is 3.23. The van der Waals surface area contributed by atoms with Gasteiger partial charge in [0.15, 0.2) is 0 Å². The summed E-state index contributed by atoms with van der Waals surface area (Å²) in [5.41, 5.74) is 3.86. The van der Waals surface area contributed by atoms with Crippen LogP contribution in [0.15, 0.2) is 53.4 Å². The van der Waals surface area contributed by atoms with Crippen molar-refractivity contribution in [2.75, 3.05) is 0 Å². The van der Waals surface area contributed by atoms with E-state index in [1.807, 2.05) is 12.1 Å². The van der Waals surface area contributed by atoms with Gasteiger partial charge in [-0.1, -0.05) is 43.3 Å². The Morgan fingerprint density at radius 1 is 0.875 bits per heavy atom. The molecule has 0 heterocycles. The van der Waals surface area contributed by atoms with Gasteiger partial charge in [0.1, 0.15) is 0 Å². The molecule has 2 rings (SSSR count). The third-order valence-electron chi connectivity index (χ3n) is 2.69. The minimum atomic E-state index is 1.09. The molecule has 0 radical (unpaired) electrons. The SMILES string of the molecule is CCc1ccc(-c2ccc(SN)cc2)cc1. The smallest absolute Gasteiger partial charge is 0.0226 e. The number of hydrogen-bond acceptors (Lipinski definition) is 2. The van der Waals surface area contributed by atoms with E-state index in [1.165, 1.54) is 28.6 Å². The zero-order valence-corrected chi connectivity index (χ0v) is 10.1. The fourth-order valence-corrected chi connectivity index (χ4v) is 1.95. The first-order valence-electron chi connectivity index (χ1n) is 5.39. The molecular weight excluding hydrogens is 214 g/mol. The molecule has 0 saturated heterocycles. The molecule has 0 unspecified atom stereocenters. The van der Waals surface area contributed by atoms with Crippen molar-refractivity contribution in [3.8, 4) is 11.1 Å². The van der Waals surface area contributed by atoms with Crippen LogP contribution in [0.2, 0.25) is 0 Å². The standard InChI is InChI=1S/C14H15NS/c1-2-11-3-5-12(6-4-11)13-7-9-14(16-15)10-8-13/h3-10H,2,15H2,1H3. The van der Waals surface area contributed by atoms with E-state index >= 15 is 0 Å². The largest absolute Gasteiger partial charge is 0.274 e. The topological polar surface area (TPSA) is 26.0 Å². The van der Waals surface area contributed by atoms with Gasteiger partial charge in [0, 0.05) is 4.90 Å². The lowest BCUT2D eigenvalue weighted by molar-refractivity contribution is 1.14. The van der Waals surface area contributed by atoms with E-state index in [9.17, 15) is 0 Å². The van der Waals surface area contributed by atoms with Gasteiger partial charge < -0.3 is 0 Å². The van der Waals surface area contributed by atoms with Gasteiger partial charge in [0.05, 0.1) is 0 Å². The molecule has 0 aliphatic rings. The highest BCUT2D eigenvalue weighted by atomic mass is 32.2. The molecule has 2 N–H and O–H groups in total. The lowest BCUT2D eigenvalue weighted by Gasteiger charge is -2.04. The number of benzene rings is 2. The number of hydrogen-bond donors (Lipinski definition) is 1. The van der Waals surface area contributed by atoms with E-state index in [4.69, 9.17) is 5.14 Å². The Kier molecular flexibility index (Phi) is 3.65. The summed E-state index contributed by atoms with van der Waals surface area (Å²) >= 11 is 1.28. The molecular formula is C14H15NS. The Morgan fingerprint density at radius 3 is 1.81 bits per heavy atom. The van der Waals surface area contributed by atoms with Crippen molar-refractivity contribution in [3.63, 3.8) is 0 Å². The molecule has 2 aromatic rings. The minimum absolute atomic E-state index is 1.09. The highest BCUT2D eigenvalue weighted by molar-refractivity contribution is 7.97. The molecule has 2 aromatic carbocycles. The molecule has 0 bridgehead atoms. The van der Waals surface area contributed by atoms with Crippen LogP contribution in [-0.2, 0) is 6.42 Å². The normalized spacial score (nSPS) is 10.4. The highest BCUT2D eigenvalue weighted by Crippen LogP contribution is 2.22. The predicted octanol–water partition coefficient (Wildman–Crippen LogP) is 3.88. The van der Waals surface area contributed by atoms with Crippen molar-refractivity contribution in [2.24, 2.45) is 5.14 Å².